The molecule has 1 aliphatic carbocycles. The van der Waals surface area contributed by atoms with Crippen molar-refractivity contribution in [3.8, 4) is 0 Å². The molecule has 18 heavy (non-hydrogen) atoms. The predicted molar refractivity (Wildman–Crippen MR) is 68.5 cm³/mol. The Morgan fingerprint density at radius 2 is 2.28 bits per heavy atom. The van der Waals surface area contributed by atoms with Gasteiger partial charge in [-0.2, -0.15) is 0 Å². The summed E-state index contributed by atoms with van der Waals surface area (Å²) in [5.41, 5.74) is 0. The van der Waals surface area contributed by atoms with Gasteiger partial charge in [-0.25, -0.2) is 0 Å². The standard InChI is InChI=1S/C13H24N2O3/c1-3-17-13(16)10-15(11-4-5-11)9-12-8-14(2)6-7-18-12/h11-12H,3-10H2,1-2H3. The highest BCUT2D eigenvalue weighted by Gasteiger charge is 2.33. The topological polar surface area (TPSA) is 42.0 Å². The summed E-state index contributed by atoms with van der Waals surface area (Å²) in [4.78, 5) is 16.1. The third kappa shape index (κ3) is 4.23. The van der Waals surface area contributed by atoms with E-state index in [0.29, 0.717) is 19.2 Å². The largest absolute Gasteiger partial charge is 0.465 e. The number of carbonyl (C=O) groups excluding carboxylic acids is 1. The van der Waals surface area contributed by atoms with E-state index in [9.17, 15) is 4.79 Å². The minimum absolute atomic E-state index is 0.117. The molecule has 2 aliphatic rings. The Balaban J connectivity index is 1.80. The van der Waals surface area contributed by atoms with Crippen LogP contribution in [0.2, 0.25) is 0 Å². The Kier molecular flexibility index (Phi) is 4.97. The first kappa shape index (κ1) is 13.8. The second kappa shape index (κ2) is 6.50. The van der Waals surface area contributed by atoms with Crippen molar-refractivity contribution in [3.63, 3.8) is 0 Å². The smallest absolute Gasteiger partial charge is 0.320 e. The molecule has 5 nitrogen and oxygen atoms in total. The lowest BCUT2D eigenvalue weighted by molar-refractivity contribution is -0.145. The third-order valence-electron chi connectivity index (χ3n) is 3.48. The molecule has 1 saturated heterocycles. The molecule has 0 radical (unpaired) electrons. The van der Waals surface area contributed by atoms with Gasteiger partial charge in [0.15, 0.2) is 0 Å². The average molecular weight is 256 g/mol. The average Bonchev–Trinajstić information content (AvgIpc) is 3.12. The predicted octanol–water partition coefficient (Wildman–Crippen LogP) is 0.345. The second-order valence-corrected chi connectivity index (χ2v) is 5.22. The highest BCUT2D eigenvalue weighted by molar-refractivity contribution is 5.71. The van der Waals surface area contributed by atoms with Crippen molar-refractivity contribution >= 4 is 5.97 Å². The van der Waals surface area contributed by atoms with E-state index in [0.717, 1.165) is 26.2 Å². The summed E-state index contributed by atoms with van der Waals surface area (Å²) in [6, 6.07) is 0.560. The van der Waals surface area contributed by atoms with E-state index in [1.807, 2.05) is 6.92 Å². The van der Waals surface area contributed by atoms with E-state index in [4.69, 9.17) is 9.47 Å². The third-order valence-corrected chi connectivity index (χ3v) is 3.48. The maximum absolute atomic E-state index is 11.6. The molecular formula is C13H24N2O3. The van der Waals surface area contributed by atoms with Crippen molar-refractivity contribution in [1.82, 2.24) is 9.80 Å². The van der Waals surface area contributed by atoms with Gasteiger partial charge < -0.3 is 14.4 Å². The van der Waals surface area contributed by atoms with E-state index < -0.39 is 0 Å². The van der Waals surface area contributed by atoms with E-state index in [2.05, 4.69) is 16.8 Å². The number of morpholine rings is 1. The van der Waals surface area contributed by atoms with Crippen LogP contribution in [0.5, 0.6) is 0 Å². The lowest BCUT2D eigenvalue weighted by Crippen LogP contribution is -2.47. The quantitative estimate of drug-likeness (QED) is 0.641. The summed E-state index contributed by atoms with van der Waals surface area (Å²) in [5.74, 6) is -0.117. The van der Waals surface area contributed by atoms with E-state index in [1.165, 1.54) is 12.8 Å². The Bertz CT molecular complexity index is 281. The lowest BCUT2D eigenvalue weighted by Gasteiger charge is -2.33. The van der Waals surface area contributed by atoms with Crippen molar-refractivity contribution in [2.75, 3.05) is 46.4 Å². The van der Waals surface area contributed by atoms with Crippen LogP contribution in [0.25, 0.3) is 0 Å². The van der Waals surface area contributed by atoms with Crippen molar-refractivity contribution in [2.24, 2.45) is 0 Å². The van der Waals surface area contributed by atoms with Crippen LogP contribution in [0.1, 0.15) is 19.8 Å². The zero-order valence-electron chi connectivity index (χ0n) is 11.4. The van der Waals surface area contributed by atoms with Crippen molar-refractivity contribution in [3.05, 3.63) is 0 Å². The number of esters is 1. The fourth-order valence-electron chi connectivity index (χ4n) is 2.39. The normalized spacial score (nSPS) is 25.4. The molecule has 0 aromatic heterocycles. The molecule has 5 heteroatoms. The summed E-state index contributed by atoms with van der Waals surface area (Å²) < 4.78 is 10.8. The zero-order chi connectivity index (χ0) is 13.0. The first-order valence-corrected chi connectivity index (χ1v) is 6.89. The van der Waals surface area contributed by atoms with Crippen molar-refractivity contribution < 1.29 is 14.3 Å². The molecule has 0 aromatic carbocycles. The monoisotopic (exact) mass is 256 g/mol. The van der Waals surface area contributed by atoms with Gasteiger partial charge >= 0.3 is 5.97 Å². The van der Waals surface area contributed by atoms with E-state index in [-0.39, 0.29) is 12.1 Å². The summed E-state index contributed by atoms with van der Waals surface area (Å²) in [6.45, 7) is 6.29. The van der Waals surface area contributed by atoms with Crippen LogP contribution in [0, 0.1) is 0 Å². The first-order chi connectivity index (χ1) is 8.69. The fraction of sp³-hybridized carbons (Fsp3) is 0.923. The minimum Gasteiger partial charge on any atom is -0.465 e. The Labute approximate surface area is 109 Å². The summed E-state index contributed by atoms with van der Waals surface area (Å²) in [5, 5.41) is 0. The molecule has 0 bridgehead atoms. The van der Waals surface area contributed by atoms with Gasteiger partial charge in [-0.1, -0.05) is 0 Å². The SMILES string of the molecule is CCOC(=O)CN(CC1CN(C)CCO1)C1CC1. The van der Waals surface area contributed by atoms with Gasteiger partial charge in [0.1, 0.15) is 0 Å². The van der Waals surface area contributed by atoms with Crippen molar-refractivity contribution in [2.45, 2.75) is 31.9 Å². The molecule has 0 N–H and O–H groups in total. The summed E-state index contributed by atoms with van der Waals surface area (Å²) >= 11 is 0. The fourth-order valence-corrected chi connectivity index (χ4v) is 2.39. The number of likely N-dealkylation sites (N-methyl/N-ethyl adjacent to an activating group) is 1. The molecule has 0 aromatic rings. The van der Waals surface area contributed by atoms with Crippen LogP contribution in [-0.2, 0) is 14.3 Å². The van der Waals surface area contributed by atoms with Gasteiger partial charge in [0.05, 0.1) is 25.9 Å². The van der Waals surface area contributed by atoms with E-state index >= 15 is 0 Å². The molecule has 2 rings (SSSR count). The Hall–Kier alpha value is -0.650. The molecule has 0 amide bonds. The molecule has 1 unspecified atom stereocenters. The highest BCUT2D eigenvalue weighted by Crippen LogP contribution is 2.27. The number of nitrogens with zero attached hydrogens (tertiary/aromatic N) is 2. The highest BCUT2D eigenvalue weighted by atomic mass is 16.5. The Morgan fingerprint density at radius 3 is 2.89 bits per heavy atom. The van der Waals surface area contributed by atoms with Gasteiger partial charge in [-0.3, -0.25) is 9.69 Å². The molecule has 1 heterocycles. The zero-order valence-corrected chi connectivity index (χ0v) is 11.4. The molecule has 1 saturated carbocycles. The Morgan fingerprint density at radius 1 is 1.50 bits per heavy atom. The molecule has 1 atom stereocenters. The maximum atomic E-state index is 11.6. The number of carbonyl (C=O) groups is 1. The van der Waals surface area contributed by atoms with Crippen LogP contribution in [0.4, 0.5) is 0 Å². The summed E-state index contributed by atoms with van der Waals surface area (Å²) in [7, 11) is 2.11. The minimum atomic E-state index is -0.117. The molecule has 0 spiro atoms. The van der Waals surface area contributed by atoms with Crippen LogP contribution in [0.15, 0.2) is 0 Å². The number of rotatable bonds is 6. The van der Waals surface area contributed by atoms with Crippen LogP contribution < -0.4 is 0 Å². The number of hydrogen-bond acceptors (Lipinski definition) is 5. The number of hydrogen-bond donors (Lipinski definition) is 0. The van der Waals surface area contributed by atoms with Crippen molar-refractivity contribution in [1.29, 1.82) is 0 Å². The van der Waals surface area contributed by atoms with E-state index in [1.54, 1.807) is 0 Å². The van der Waals surface area contributed by atoms with Gasteiger partial charge in [-0.05, 0) is 26.8 Å². The van der Waals surface area contributed by atoms with Crippen LogP contribution in [-0.4, -0.2) is 74.4 Å². The van der Waals surface area contributed by atoms with Gasteiger partial charge in [0, 0.05) is 25.7 Å². The molecular weight excluding hydrogens is 232 g/mol. The van der Waals surface area contributed by atoms with Gasteiger partial charge in [0.2, 0.25) is 0 Å². The maximum Gasteiger partial charge on any atom is 0.320 e. The molecule has 2 fully saturated rings. The first-order valence-electron chi connectivity index (χ1n) is 6.89. The second-order valence-electron chi connectivity index (χ2n) is 5.22. The van der Waals surface area contributed by atoms with Gasteiger partial charge in [0.25, 0.3) is 0 Å². The summed E-state index contributed by atoms with van der Waals surface area (Å²) in [6.07, 6.45) is 2.61. The number of ether oxygens (including phenoxy) is 2. The molecule has 1 aliphatic heterocycles. The van der Waals surface area contributed by atoms with Crippen LogP contribution >= 0.6 is 0 Å². The lowest BCUT2D eigenvalue weighted by atomic mass is 10.2. The molecule has 104 valence electrons. The van der Waals surface area contributed by atoms with Gasteiger partial charge in [-0.15, -0.1) is 0 Å². The van der Waals surface area contributed by atoms with Crippen LogP contribution in [0.3, 0.4) is 0 Å².